The number of halogens is 4. The molecule has 20 heavy (non-hydrogen) atoms. The highest BCUT2D eigenvalue weighted by Gasteiger charge is 2.10. The van der Waals surface area contributed by atoms with Crippen LogP contribution in [0.4, 0.5) is 11.6 Å². The molecule has 0 atom stereocenters. The molecule has 1 aromatic carbocycles. The Kier molecular flexibility index (Phi) is 5.10. The van der Waals surface area contributed by atoms with Crippen molar-refractivity contribution in [3.05, 3.63) is 32.5 Å². The van der Waals surface area contributed by atoms with E-state index in [-0.39, 0.29) is 17.2 Å². The fraction of sp³-hybridized carbons (Fsp3) is 0.182. The molecule has 0 aliphatic carbocycles. The summed E-state index contributed by atoms with van der Waals surface area (Å²) < 4.78 is 5.17. The second-order valence-corrected chi connectivity index (χ2v) is 5.07. The van der Waals surface area contributed by atoms with Gasteiger partial charge in [0.05, 0.1) is 27.4 Å². The summed E-state index contributed by atoms with van der Waals surface area (Å²) in [6.07, 6.45) is 0. The van der Waals surface area contributed by atoms with Crippen LogP contribution in [0.1, 0.15) is 6.92 Å². The summed E-state index contributed by atoms with van der Waals surface area (Å²) in [6, 6.07) is 3.19. The number of aromatic nitrogens is 3. The van der Waals surface area contributed by atoms with E-state index in [1.807, 2.05) is 0 Å². The van der Waals surface area contributed by atoms with Crippen molar-refractivity contribution in [2.75, 3.05) is 11.9 Å². The van der Waals surface area contributed by atoms with Crippen molar-refractivity contribution < 1.29 is 4.74 Å². The minimum atomic E-state index is 0.00197. The average Bonchev–Trinajstić information content (AvgIpc) is 2.35. The van der Waals surface area contributed by atoms with E-state index >= 15 is 0 Å². The first-order valence-corrected chi connectivity index (χ1v) is 6.96. The molecular formula is C11H8Cl4N4O. The first-order valence-electron chi connectivity index (χ1n) is 5.45. The van der Waals surface area contributed by atoms with Gasteiger partial charge in [-0.2, -0.15) is 15.0 Å². The van der Waals surface area contributed by atoms with Gasteiger partial charge in [0.25, 0.3) is 0 Å². The van der Waals surface area contributed by atoms with Crippen LogP contribution in [-0.4, -0.2) is 21.6 Å². The molecule has 1 aromatic heterocycles. The zero-order valence-electron chi connectivity index (χ0n) is 10.1. The van der Waals surface area contributed by atoms with Gasteiger partial charge in [0.2, 0.25) is 11.2 Å². The number of nitrogens with zero attached hydrogens (tertiary/aromatic N) is 3. The monoisotopic (exact) mass is 352 g/mol. The number of nitrogens with one attached hydrogen (secondary N) is 1. The molecule has 0 radical (unpaired) electrons. The summed E-state index contributed by atoms with van der Waals surface area (Å²) in [4.78, 5) is 11.8. The van der Waals surface area contributed by atoms with Gasteiger partial charge < -0.3 is 10.1 Å². The molecular weight excluding hydrogens is 346 g/mol. The topological polar surface area (TPSA) is 59.9 Å². The highest BCUT2D eigenvalue weighted by Crippen LogP contribution is 2.33. The van der Waals surface area contributed by atoms with E-state index < -0.39 is 0 Å². The van der Waals surface area contributed by atoms with Crippen molar-refractivity contribution >= 4 is 58.0 Å². The molecule has 1 N–H and O–H groups in total. The first-order chi connectivity index (χ1) is 9.49. The van der Waals surface area contributed by atoms with Gasteiger partial charge in [-0.25, -0.2) is 0 Å². The highest BCUT2D eigenvalue weighted by atomic mass is 35.5. The second kappa shape index (κ2) is 6.63. The second-order valence-electron chi connectivity index (χ2n) is 3.51. The molecule has 106 valence electrons. The van der Waals surface area contributed by atoms with Crippen LogP contribution in [0.3, 0.4) is 0 Å². The van der Waals surface area contributed by atoms with Crippen molar-refractivity contribution in [2.45, 2.75) is 6.92 Å². The average molecular weight is 354 g/mol. The zero-order chi connectivity index (χ0) is 14.7. The number of hydrogen-bond acceptors (Lipinski definition) is 5. The molecule has 0 aliphatic heterocycles. The van der Waals surface area contributed by atoms with Crippen LogP contribution in [-0.2, 0) is 0 Å². The molecule has 0 fully saturated rings. The number of hydrogen-bond donors (Lipinski definition) is 1. The third-order valence-corrected chi connectivity index (χ3v) is 3.32. The van der Waals surface area contributed by atoms with Crippen molar-refractivity contribution in [1.82, 2.24) is 15.0 Å². The summed E-state index contributed by atoms with van der Waals surface area (Å²) >= 11 is 23.6. The van der Waals surface area contributed by atoms with Crippen molar-refractivity contribution in [3.8, 4) is 6.01 Å². The molecule has 0 aliphatic rings. The fourth-order valence-corrected chi connectivity index (χ4v) is 2.07. The molecule has 9 heteroatoms. The van der Waals surface area contributed by atoms with E-state index in [1.165, 1.54) is 6.07 Å². The van der Waals surface area contributed by atoms with Gasteiger partial charge in [0.15, 0.2) is 0 Å². The fourth-order valence-electron chi connectivity index (χ4n) is 1.32. The Morgan fingerprint density at radius 3 is 2.40 bits per heavy atom. The van der Waals surface area contributed by atoms with Crippen LogP contribution in [0, 0.1) is 0 Å². The van der Waals surface area contributed by atoms with Gasteiger partial charge >= 0.3 is 6.01 Å². The molecule has 2 rings (SSSR count). The summed E-state index contributed by atoms with van der Waals surface area (Å²) in [6.45, 7) is 2.22. The number of benzene rings is 1. The van der Waals surface area contributed by atoms with Crippen LogP contribution in [0.2, 0.25) is 20.4 Å². The van der Waals surface area contributed by atoms with Crippen LogP contribution in [0.25, 0.3) is 0 Å². The van der Waals surface area contributed by atoms with Crippen molar-refractivity contribution in [1.29, 1.82) is 0 Å². The van der Waals surface area contributed by atoms with E-state index in [9.17, 15) is 0 Å². The third-order valence-electron chi connectivity index (χ3n) is 2.12. The normalized spacial score (nSPS) is 10.4. The Morgan fingerprint density at radius 1 is 1.00 bits per heavy atom. The minimum Gasteiger partial charge on any atom is -0.464 e. The predicted octanol–water partition coefficient (Wildman–Crippen LogP) is 4.63. The van der Waals surface area contributed by atoms with Gasteiger partial charge in [0, 0.05) is 0 Å². The lowest BCUT2D eigenvalue weighted by atomic mass is 10.3. The van der Waals surface area contributed by atoms with Gasteiger partial charge in [-0.1, -0.05) is 34.8 Å². The number of anilines is 2. The summed E-state index contributed by atoms with van der Waals surface area (Å²) in [5, 5.41) is 3.95. The zero-order valence-corrected chi connectivity index (χ0v) is 13.1. The standard InChI is InChI=1S/C11H8Cl4N4O/c1-2-20-11-18-9(15)17-10(19-11)16-8-4-6(13)5(12)3-7(8)14/h3-4H,2H2,1H3,(H,16,17,18,19). The largest absolute Gasteiger partial charge is 0.464 e. The Balaban J connectivity index is 2.32. The van der Waals surface area contributed by atoms with Crippen LogP contribution < -0.4 is 10.1 Å². The predicted molar refractivity (Wildman–Crippen MR) is 80.8 cm³/mol. The maximum atomic E-state index is 6.05. The van der Waals surface area contributed by atoms with Crippen LogP contribution in [0.15, 0.2) is 12.1 Å². The minimum absolute atomic E-state index is 0.00197. The lowest BCUT2D eigenvalue weighted by molar-refractivity contribution is 0.312. The molecule has 0 bridgehead atoms. The Morgan fingerprint density at radius 2 is 1.70 bits per heavy atom. The van der Waals surface area contributed by atoms with E-state index in [0.29, 0.717) is 27.4 Å². The molecule has 1 heterocycles. The smallest absolute Gasteiger partial charge is 0.322 e. The van der Waals surface area contributed by atoms with E-state index in [4.69, 9.17) is 51.1 Å². The SMILES string of the molecule is CCOc1nc(Cl)nc(Nc2cc(Cl)c(Cl)cc2Cl)n1. The molecule has 0 spiro atoms. The Hall–Kier alpha value is -1.01. The van der Waals surface area contributed by atoms with Gasteiger partial charge in [0.1, 0.15) is 0 Å². The molecule has 2 aromatic rings. The number of ether oxygens (including phenoxy) is 1. The Bertz CT molecular complexity index is 638. The Labute approximate surface area is 135 Å². The molecule has 5 nitrogen and oxygen atoms in total. The van der Waals surface area contributed by atoms with Crippen LogP contribution in [0.5, 0.6) is 6.01 Å². The van der Waals surface area contributed by atoms with E-state index in [2.05, 4.69) is 20.3 Å². The molecule has 0 saturated heterocycles. The first kappa shape index (κ1) is 15.4. The third kappa shape index (κ3) is 3.76. The van der Waals surface area contributed by atoms with E-state index in [0.717, 1.165) is 0 Å². The quantitative estimate of drug-likeness (QED) is 0.812. The lowest BCUT2D eigenvalue weighted by Crippen LogP contribution is -2.04. The maximum Gasteiger partial charge on any atom is 0.322 e. The molecule has 0 amide bonds. The number of rotatable bonds is 4. The highest BCUT2D eigenvalue weighted by molar-refractivity contribution is 6.44. The lowest BCUT2D eigenvalue weighted by Gasteiger charge is -2.09. The van der Waals surface area contributed by atoms with Crippen LogP contribution >= 0.6 is 46.4 Å². The maximum absolute atomic E-state index is 6.05. The molecule has 0 unspecified atom stereocenters. The van der Waals surface area contributed by atoms with E-state index in [1.54, 1.807) is 13.0 Å². The van der Waals surface area contributed by atoms with Crippen molar-refractivity contribution in [3.63, 3.8) is 0 Å². The summed E-state index contributed by atoms with van der Waals surface area (Å²) in [5.41, 5.74) is 0.491. The molecule has 0 saturated carbocycles. The van der Waals surface area contributed by atoms with Gasteiger partial charge in [-0.3, -0.25) is 0 Å². The summed E-state index contributed by atoms with van der Waals surface area (Å²) in [7, 11) is 0. The van der Waals surface area contributed by atoms with Crippen molar-refractivity contribution in [2.24, 2.45) is 0 Å². The van der Waals surface area contributed by atoms with Gasteiger partial charge in [-0.05, 0) is 30.7 Å². The summed E-state index contributed by atoms with van der Waals surface area (Å²) in [5.74, 6) is 0.189. The van der Waals surface area contributed by atoms with Gasteiger partial charge in [-0.15, -0.1) is 0 Å².